The van der Waals surface area contributed by atoms with Crippen molar-refractivity contribution >= 4 is 5.97 Å². The Hall–Kier alpha value is -1.58. The summed E-state index contributed by atoms with van der Waals surface area (Å²) in [6.45, 7) is 5.99. The molecule has 6 nitrogen and oxygen atoms in total. The Kier molecular flexibility index (Phi) is 7.70. The van der Waals surface area contributed by atoms with Crippen molar-refractivity contribution < 1.29 is 19.0 Å². The van der Waals surface area contributed by atoms with E-state index in [1.807, 2.05) is 13.0 Å². The molecule has 1 aliphatic rings. The molecule has 1 saturated heterocycles. The van der Waals surface area contributed by atoms with Crippen LogP contribution in [0.25, 0.3) is 0 Å². The molecule has 0 aliphatic carbocycles. The molecule has 0 aromatic heterocycles. The summed E-state index contributed by atoms with van der Waals surface area (Å²) in [5.41, 5.74) is 0.518. The molecule has 0 bridgehead atoms. The first-order valence-corrected chi connectivity index (χ1v) is 6.90. The maximum absolute atomic E-state index is 11.7. The van der Waals surface area contributed by atoms with Gasteiger partial charge in [-0.1, -0.05) is 0 Å². The first kappa shape index (κ1) is 16.5. The highest BCUT2D eigenvalue weighted by Crippen LogP contribution is 2.11. The second-order valence-corrected chi connectivity index (χ2v) is 4.46. The number of hydrogen-bond acceptors (Lipinski definition) is 6. The van der Waals surface area contributed by atoms with E-state index >= 15 is 0 Å². The van der Waals surface area contributed by atoms with Crippen LogP contribution in [0.2, 0.25) is 0 Å². The Labute approximate surface area is 119 Å². The molecule has 0 amide bonds. The predicted octanol–water partition coefficient (Wildman–Crippen LogP) is 1.13. The largest absolute Gasteiger partial charge is 0.459 e. The van der Waals surface area contributed by atoms with Crippen molar-refractivity contribution in [1.29, 1.82) is 5.26 Å². The van der Waals surface area contributed by atoms with Crippen molar-refractivity contribution in [2.24, 2.45) is 0 Å². The molecule has 0 radical (unpaired) electrons. The van der Waals surface area contributed by atoms with Crippen LogP contribution in [-0.2, 0) is 19.0 Å². The molecule has 1 heterocycles. The van der Waals surface area contributed by atoms with Gasteiger partial charge >= 0.3 is 5.97 Å². The molecule has 0 aromatic carbocycles. The van der Waals surface area contributed by atoms with Gasteiger partial charge < -0.3 is 19.5 Å². The summed E-state index contributed by atoms with van der Waals surface area (Å²) in [6, 6.07) is 1.88. The SMILES string of the molecule is CCOCCOC(=O)/C(C#N)=C(/C)NCC1CCCO1. The van der Waals surface area contributed by atoms with Crippen LogP contribution < -0.4 is 5.32 Å². The number of allylic oxidation sites excluding steroid dienone is 1. The fourth-order valence-corrected chi connectivity index (χ4v) is 1.85. The highest BCUT2D eigenvalue weighted by molar-refractivity contribution is 5.93. The molecular weight excluding hydrogens is 260 g/mol. The van der Waals surface area contributed by atoms with E-state index in [2.05, 4.69) is 5.32 Å². The van der Waals surface area contributed by atoms with E-state index in [1.54, 1.807) is 6.92 Å². The molecule has 0 spiro atoms. The molecular formula is C14H22N2O4. The summed E-state index contributed by atoms with van der Waals surface area (Å²) in [6.07, 6.45) is 2.21. The molecule has 0 aromatic rings. The van der Waals surface area contributed by atoms with E-state index in [0.717, 1.165) is 19.4 Å². The lowest BCUT2D eigenvalue weighted by molar-refractivity contribution is -0.140. The van der Waals surface area contributed by atoms with Crippen LogP contribution in [0.15, 0.2) is 11.3 Å². The van der Waals surface area contributed by atoms with Gasteiger partial charge in [-0.25, -0.2) is 4.79 Å². The Morgan fingerprint density at radius 1 is 1.50 bits per heavy atom. The molecule has 1 atom stereocenters. The zero-order valence-electron chi connectivity index (χ0n) is 12.1. The van der Waals surface area contributed by atoms with Crippen LogP contribution in [-0.4, -0.2) is 45.0 Å². The van der Waals surface area contributed by atoms with Gasteiger partial charge in [-0.2, -0.15) is 5.26 Å². The van der Waals surface area contributed by atoms with Gasteiger partial charge in [0.05, 0.1) is 12.7 Å². The summed E-state index contributed by atoms with van der Waals surface area (Å²) >= 11 is 0. The van der Waals surface area contributed by atoms with E-state index < -0.39 is 5.97 Å². The van der Waals surface area contributed by atoms with Gasteiger partial charge in [0.25, 0.3) is 0 Å². The normalized spacial score (nSPS) is 19.1. The number of hydrogen-bond donors (Lipinski definition) is 1. The molecule has 6 heteroatoms. The zero-order valence-corrected chi connectivity index (χ0v) is 12.1. The Bertz CT molecular complexity index is 381. The van der Waals surface area contributed by atoms with Crippen molar-refractivity contribution in [2.45, 2.75) is 32.8 Å². The Balaban J connectivity index is 2.42. The number of nitriles is 1. The Morgan fingerprint density at radius 3 is 2.90 bits per heavy atom. The van der Waals surface area contributed by atoms with E-state index in [9.17, 15) is 4.79 Å². The smallest absolute Gasteiger partial charge is 0.350 e. The fourth-order valence-electron chi connectivity index (χ4n) is 1.85. The van der Waals surface area contributed by atoms with E-state index in [-0.39, 0.29) is 18.3 Å². The van der Waals surface area contributed by atoms with Crippen molar-refractivity contribution in [3.63, 3.8) is 0 Å². The predicted molar refractivity (Wildman–Crippen MR) is 72.7 cm³/mol. The fraction of sp³-hybridized carbons (Fsp3) is 0.714. The maximum Gasteiger partial charge on any atom is 0.350 e. The van der Waals surface area contributed by atoms with Crippen LogP contribution in [0.1, 0.15) is 26.7 Å². The van der Waals surface area contributed by atoms with Gasteiger partial charge in [0, 0.05) is 25.5 Å². The number of rotatable bonds is 8. The lowest BCUT2D eigenvalue weighted by Gasteiger charge is -2.13. The molecule has 20 heavy (non-hydrogen) atoms. The van der Waals surface area contributed by atoms with Crippen LogP contribution >= 0.6 is 0 Å². The van der Waals surface area contributed by atoms with Gasteiger partial charge in [0.2, 0.25) is 0 Å². The van der Waals surface area contributed by atoms with Crippen molar-refractivity contribution in [1.82, 2.24) is 5.32 Å². The van der Waals surface area contributed by atoms with Crippen molar-refractivity contribution in [2.75, 3.05) is 33.0 Å². The average Bonchev–Trinajstić information content (AvgIpc) is 2.95. The van der Waals surface area contributed by atoms with Gasteiger partial charge in [0.15, 0.2) is 5.57 Å². The third-order valence-electron chi connectivity index (χ3n) is 2.97. The minimum atomic E-state index is -0.621. The van der Waals surface area contributed by atoms with Crippen LogP contribution in [0, 0.1) is 11.3 Å². The molecule has 0 saturated carbocycles. The number of nitrogens with zero attached hydrogens (tertiary/aromatic N) is 1. The highest BCUT2D eigenvalue weighted by atomic mass is 16.6. The molecule has 1 N–H and O–H groups in total. The standard InChI is InChI=1S/C14H22N2O4/c1-3-18-7-8-20-14(17)13(9-15)11(2)16-10-12-5-4-6-19-12/h12,16H,3-8,10H2,1-2H3/b13-11-. The second kappa shape index (κ2) is 9.34. The van der Waals surface area contributed by atoms with Crippen LogP contribution in [0.3, 0.4) is 0 Å². The van der Waals surface area contributed by atoms with Gasteiger partial charge in [-0.3, -0.25) is 0 Å². The van der Waals surface area contributed by atoms with Crippen molar-refractivity contribution in [3.05, 3.63) is 11.3 Å². The topological polar surface area (TPSA) is 80.6 Å². The molecule has 1 rings (SSSR count). The summed E-state index contributed by atoms with van der Waals surface area (Å²) in [7, 11) is 0. The third kappa shape index (κ3) is 5.59. The van der Waals surface area contributed by atoms with Gasteiger partial charge in [-0.05, 0) is 26.7 Å². The van der Waals surface area contributed by atoms with Crippen molar-refractivity contribution in [3.8, 4) is 6.07 Å². The number of carbonyl (C=O) groups is 1. The van der Waals surface area contributed by atoms with Crippen LogP contribution in [0.5, 0.6) is 0 Å². The van der Waals surface area contributed by atoms with E-state index in [0.29, 0.717) is 25.5 Å². The molecule has 1 fully saturated rings. The maximum atomic E-state index is 11.7. The number of ether oxygens (including phenoxy) is 3. The van der Waals surface area contributed by atoms with Crippen LogP contribution in [0.4, 0.5) is 0 Å². The molecule has 112 valence electrons. The highest BCUT2D eigenvalue weighted by Gasteiger charge is 2.18. The first-order valence-electron chi connectivity index (χ1n) is 6.90. The summed E-state index contributed by atoms with van der Waals surface area (Å²) < 4.78 is 15.5. The minimum Gasteiger partial charge on any atom is -0.459 e. The quantitative estimate of drug-likeness (QED) is 0.311. The average molecular weight is 282 g/mol. The summed E-state index contributed by atoms with van der Waals surface area (Å²) in [5, 5.41) is 12.1. The van der Waals surface area contributed by atoms with E-state index in [1.165, 1.54) is 0 Å². The van der Waals surface area contributed by atoms with Gasteiger partial charge in [-0.15, -0.1) is 0 Å². The first-order chi connectivity index (χ1) is 9.69. The minimum absolute atomic E-state index is 0.000467. The molecule has 1 unspecified atom stereocenters. The molecule has 1 aliphatic heterocycles. The number of carbonyl (C=O) groups excluding carboxylic acids is 1. The monoisotopic (exact) mass is 282 g/mol. The zero-order chi connectivity index (χ0) is 14.8. The third-order valence-corrected chi connectivity index (χ3v) is 2.97. The van der Waals surface area contributed by atoms with E-state index in [4.69, 9.17) is 19.5 Å². The summed E-state index contributed by atoms with van der Waals surface area (Å²) in [4.78, 5) is 11.7. The second-order valence-electron chi connectivity index (χ2n) is 4.46. The number of nitrogens with one attached hydrogen (secondary N) is 1. The van der Waals surface area contributed by atoms with Gasteiger partial charge in [0.1, 0.15) is 12.7 Å². The Morgan fingerprint density at radius 2 is 2.30 bits per heavy atom. The lowest BCUT2D eigenvalue weighted by atomic mass is 10.2. The lowest BCUT2D eigenvalue weighted by Crippen LogP contribution is -2.27. The number of esters is 1. The summed E-state index contributed by atoms with van der Waals surface area (Å²) in [5.74, 6) is -0.621.